The fraction of sp³-hybridized carbons (Fsp3) is 0.545. The third-order valence-corrected chi connectivity index (χ3v) is 3.02. The van der Waals surface area contributed by atoms with Crippen molar-refractivity contribution in [3.05, 3.63) is 30.1 Å². The zero-order valence-electron chi connectivity index (χ0n) is 7.90. The molecule has 2 rings (SSSR count). The summed E-state index contributed by atoms with van der Waals surface area (Å²) in [5.74, 6) is 0. The monoisotopic (exact) mass is 177 g/mol. The third-order valence-electron chi connectivity index (χ3n) is 3.02. The first-order chi connectivity index (χ1) is 6.21. The number of nitrogens with zero attached hydrogens (tertiary/aromatic N) is 1. The quantitative estimate of drug-likeness (QED) is 0.763. The van der Waals surface area contributed by atoms with Gasteiger partial charge in [0.15, 0.2) is 0 Å². The number of aliphatic hydroxyl groups is 1. The molecule has 1 atom stereocenters. The average Bonchev–Trinajstić information content (AvgIpc) is 2.87. The van der Waals surface area contributed by atoms with Gasteiger partial charge >= 0.3 is 0 Å². The Morgan fingerprint density at radius 2 is 2.08 bits per heavy atom. The maximum atomic E-state index is 9.88. The van der Waals surface area contributed by atoms with Gasteiger partial charge in [0.05, 0.1) is 6.10 Å². The second kappa shape index (κ2) is 3.11. The zero-order chi connectivity index (χ0) is 9.31. The molecule has 0 saturated heterocycles. The van der Waals surface area contributed by atoms with Crippen LogP contribution in [0.4, 0.5) is 0 Å². The summed E-state index contributed by atoms with van der Waals surface area (Å²) in [7, 11) is 0. The summed E-state index contributed by atoms with van der Waals surface area (Å²) in [6, 6.07) is 3.93. The molecule has 1 heterocycles. The topological polar surface area (TPSA) is 33.1 Å². The highest BCUT2D eigenvalue weighted by Gasteiger charge is 2.43. The van der Waals surface area contributed by atoms with Crippen molar-refractivity contribution in [2.24, 2.45) is 5.41 Å². The summed E-state index contributed by atoms with van der Waals surface area (Å²) >= 11 is 0. The van der Waals surface area contributed by atoms with E-state index < -0.39 is 0 Å². The van der Waals surface area contributed by atoms with Crippen molar-refractivity contribution in [1.82, 2.24) is 4.98 Å². The van der Waals surface area contributed by atoms with Crippen LogP contribution in [0.25, 0.3) is 0 Å². The zero-order valence-corrected chi connectivity index (χ0v) is 7.90. The lowest BCUT2D eigenvalue weighted by atomic mass is 9.96. The fourth-order valence-corrected chi connectivity index (χ4v) is 1.52. The normalized spacial score (nSPS) is 21.1. The molecule has 1 aliphatic carbocycles. The van der Waals surface area contributed by atoms with Crippen LogP contribution in [-0.4, -0.2) is 16.2 Å². The lowest BCUT2D eigenvalue weighted by molar-refractivity contribution is 0.103. The third kappa shape index (κ3) is 1.89. The lowest BCUT2D eigenvalue weighted by Gasteiger charge is -2.16. The van der Waals surface area contributed by atoms with E-state index in [2.05, 4.69) is 11.9 Å². The van der Waals surface area contributed by atoms with Crippen molar-refractivity contribution >= 4 is 0 Å². The SMILES string of the molecule is CC1(C(O)Cc2ccncc2)CC1. The first kappa shape index (κ1) is 8.70. The number of hydrogen-bond acceptors (Lipinski definition) is 2. The molecule has 2 heteroatoms. The van der Waals surface area contributed by atoms with Gasteiger partial charge in [-0.25, -0.2) is 0 Å². The largest absolute Gasteiger partial charge is 0.392 e. The molecule has 0 aliphatic heterocycles. The van der Waals surface area contributed by atoms with E-state index in [-0.39, 0.29) is 11.5 Å². The predicted octanol–water partition coefficient (Wildman–Crippen LogP) is 1.79. The molecule has 1 unspecified atom stereocenters. The molecule has 0 aromatic carbocycles. The van der Waals surface area contributed by atoms with Gasteiger partial charge in [0, 0.05) is 12.4 Å². The second-order valence-corrected chi connectivity index (χ2v) is 4.23. The number of aromatic nitrogens is 1. The van der Waals surface area contributed by atoms with Gasteiger partial charge in [-0.3, -0.25) is 4.98 Å². The van der Waals surface area contributed by atoms with Crippen LogP contribution in [0.2, 0.25) is 0 Å². The lowest BCUT2D eigenvalue weighted by Crippen LogP contribution is -2.21. The molecule has 1 saturated carbocycles. The second-order valence-electron chi connectivity index (χ2n) is 4.23. The van der Waals surface area contributed by atoms with E-state index in [1.54, 1.807) is 12.4 Å². The van der Waals surface area contributed by atoms with Crippen molar-refractivity contribution in [1.29, 1.82) is 0 Å². The first-order valence-corrected chi connectivity index (χ1v) is 4.78. The maximum Gasteiger partial charge on any atom is 0.0634 e. The molecule has 1 aromatic heterocycles. The fourth-order valence-electron chi connectivity index (χ4n) is 1.52. The number of aliphatic hydroxyl groups excluding tert-OH is 1. The van der Waals surface area contributed by atoms with Gasteiger partial charge in [-0.05, 0) is 42.4 Å². The molecule has 0 bridgehead atoms. The summed E-state index contributed by atoms with van der Waals surface area (Å²) in [6.07, 6.45) is 6.46. The molecule has 1 aromatic rings. The Morgan fingerprint density at radius 1 is 1.46 bits per heavy atom. The predicted molar refractivity (Wildman–Crippen MR) is 51.3 cm³/mol. The van der Waals surface area contributed by atoms with Gasteiger partial charge in [0.25, 0.3) is 0 Å². The molecule has 70 valence electrons. The molecule has 1 N–H and O–H groups in total. The highest BCUT2D eigenvalue weighted by molar-refractivity contribution is 5.13. The summed E-state index contributed by atoms with van der Waals surface area (Å²) in [6.45, 7) is 2.15. The Hall–Kier alpha value is -0.890. The summed E-state index contributed by atoms with van der Waals surface area (Å²) in [4.78, 5) is 3.95. The number of rotatable bonds is 3. The Bertz CT molecular complexity index is 279. The standard InChI is InChI=1S/C11H15NO/c1-11(4-5-11)10(13)8-9-2-6-12-7-3-9/h2-3,6-7,10,13H,4-5,8H2,1H3. The summed E-state index contributed by atoms with van der Waals surface area (Å²) < 4.78 is 0. The van der Waals surface area contributed by atoms with Gasteiger partial charge in [-0.15, -0.1) is 0 Å². The van der Waals surface area contributed by atoms with Gasteiger partial charge in [-0.1, -0.05) is 6.92 Å². The Balaban J connectivity index is 1.98. The van der Waals surface area contributed by atoms with E-state index in [1.807, 2.05) is 12.1 Å². The van der Waals surface area contributed by atoms with Gasteiger partial charge in [-0.2, -0.15) is 0 Å². The van der Waals surface area contributed by atoms with Crippen LogP contribution in [0.15, 0.2) is 24.5 Å². The van der Waals surface area contributed by atoms with E-state index in [0.717, 1.165) is 6.42 Å². The van der Waals surface area contributed by atoms with Crippen molar-refractivity contribution in [3.63, 3.8) is 0 Å². The molecule has 13 heavy (non-hydrogen) atoms. The number of hydrogen-bond donors (Lipinski definition) is 1. The molecular weight excluding hydrogens is 162 g/mol. The molecule has 2 nitrogen and oxygen atoms in total. The smallest absolute Gasteiger partial charge is 0.0634 e. The molecule has 1 aliphatic rings. The summed E-state index contributed by atoms with van der Waals surface area (Å²) in [5, 5.41) is 9.88. The summed E-state index contributed by atoms with van der Waals surface area (Å²) in [5.41, 5.74) is 1.37. The highest BCUT2D eigenvalue weighted by atomic mass is 16.3. The molecule has 0 spiro atoms. The van der Waals surface area contributed by atoms with Crippen molar-refractivity contribution < 1.29 is 5.11 Å². The van der Waals surface area contributed by atoms with Crippen LogP contribution in [0.5, 0.6) is 0 Å². The average molecular weight is 177 g/mol. The van der Waals surface area contributed by atoms with Crippen LogP contribution in [-0.2, 0) is 6.42 Å². The van der Waals surface area contributed by atoms with Gasteiger partial charge in [0.2, 0.25) is 0 Å². The van der Waals surface area contributed by atoms with Crippen LogP contribution < -0.4 is 0 Å². The molecular formula is C11H15NO. The minimum Gasteiger partial charge on any atom is -0.392 e. The minimum absolute atomic E-state index is 0.185. The number of pyridine rings is 1. The molecule has 0 amide bonds. The minimum atomic E-state index is -0.185. The van der Waals surface area contributed by atoms with Crippen molar-refractivity contribution in [3.8, 4) is 0 Å². The Kier molecular flexibility index (Phi) is 2.08. The van der Waals surface area contributed by atoms with Crippen LogP contribution >= 0.6 is 0 Å². The van der Waals surface area contributed by atoms with Crippen molar-refractivity contribution in [2.45, 2.75) is 32.3 Å². The van der Waals surface area contributed by atoms with E-state index in [4.69, 9.17) is 0 Å². The highest BCUT2D eigenvalue weighted by Crippen LogP contribution is 2.48. The maximum absolute atomic E-state index is 9.88. The van der Waals surface area contributed by atoms with Crippen LogP contribution in [0.1, 0.15) is 25.3 Å². The van der Waals surface area contributed by atoms with Crippen molar-refractivity contribution in [2.75, 3.05) is 0 Å². The van der Waals surface area contributed by atoms with E-state index >= 15 is 0 Å². The Morgan fingerprint density at radius 3 is 2.62 bits per heavy atom. The van der Waals surface area contributed by atoms with Gasteiger partial charge < -0.3 is 5.11 Å². The van der Waals surface area contributed by atoms with Crippen LogP contribution in [0, 0.1) is 5.41 Å². The van der Waals surface area contributed by atoms with E-state index in [1.165, 1.54) is 18.4 Å². The molecule has 0 radical (unpaired) electrons. The van der Waals surface area contributed by atoms with Crippen LogP contribution in [0.3, 0.4) is 0 Å². The van der Waals surface area contributed by atoms with E-state index in [0.29, 0.717) is 0 Å². The Labute approximate surface area is 78.6 Å². The van der Waals surface area contributed by atoms with Gasteiger partial charge in [0.1, 0.15) is 0 Å². The van der Waals surface area contributed by atoms with E-state index in [9.17, 15) is 5.11 Å². The first-order valence-electron chi connectivity index (χ1n) is 4.78. The molecule has 1 fully saturated rings.